The number of carbonyl (C=O) groups excluding carboxylic acids is 1. The molecule has 5 heteroatoms. The molecule has 4 nitrogen and oxygen atoms in total. The minimum absolute atomic E-state index is 0.0629. The van der Waals surface area contributed by atoms with E-state index in [0.29, 0.717) is 10.8 Å². The zero-order valence-corrected chi connectivity index (χ0v) is 17.0. The fraction of sp³-hybridized carbons (Fsp3) is 0.304. The van der Waals surface area contributed by atoms with Gasteiger partial charge in [-0.05, 0) is 48.1 Å². The van der Waals surface area contributed by atoms with E-state index >= 15 is 0 Å². The van der Waals surface area contributed by atoms with Crippen molar-refractivity contribution in [2.75, 3.05) is 0 Å². The third-order valence-electron chi connectivity index (χ3n) is 5.26. The maximum Gasteiger partial charge on any atom is 0.225 e. The van der Waals surface area contributed by atoms with Crippen LogP contribution in [-0.2, 0) is 4.79 Å². The van der Waals surface area contributed by atoms with Gasteiger partial charge in [0.1, 0.15) is 11.5 Å². The molecule has 1 saturated carbocycles. The van der Waals surface area contributed by atoms with Crippen LogP contribution in [0, 0.1) is 22.7 Å². The summed E-state index contributed by atoms with van der Waals surface area (Å²) in [6.45, 7) is 5.95. The number of halogens is 1. The lowest BCUT2D eigenvalue weighted by Crippen LogP contribution is -2.31. The Morgan fingerprint density at radius 3 is 2.50 bits per heavy atom. The lowest BCUT2D eigenvalue weighted by atomic mass is 10.1. The van der Waals surface area contributed by atoms with E-state index in [2.05, 4.69) is 19.2 Å². The highest BCUT2D eigenvalue weighted by Crippen LogP contribution is 2.59. The van der Waals surface area contributed by atoms with Crippen molar-refractivity contribution in [3.8, 4) is 11.5 Å². The number of nitrogens with one attached hydrogen (secondary N) is 2. The molecule has 0 spiro atoms. The van der Waals surface area contributed by atoms with Crippen LogP contribution in [0.3, 0.4) is 0 Å². The first-order valence-corrected chi connectivity index (χ1v) is 9.68. The van der Waals surface area contributed by atoms with E-state index in [1.54, 1.807) is 0 Å². The molecule has 1 amide bonds. The van der Waals surface area contributed by atoms with Crippen LogP contribution in [0.1, 0.15) is 32.4 Å². The Hall–Kier alpha value is -2.59. The summed E-state index contributed by atoms with van der Waals surface area (Å²) in [7, 11) is 0. The number of rotatable bonds is 7. The normalized spacial score (nSPS) is 21.5. The summed E-state index contributed by atoms with van der Waals surface area (Å²) >= 11 is 6.00. The lowest BCUT2D eigenvalue weighted by molar-refractivity contribution is -0.123. The molecule has 146 valence electrons. The summed E-state index contributed by atoms with van der Waals surface area (Å²) in [5.41, 5.74) is 0.668. The maximum atomic E-state index is 12.8. The van der Waals surface area contributed by atoms with E-state index < -0.39 is 6.04 Å². The van der Waals surface area contributed by atoms with Gasteiger partial charge in [-0.25, -0.2) is 0 Å². The number of amides is 1. The highest BCUT2D eigenvalue weighted by molar-refractivity contribution is 6.29. The standard InChI is InChI=1S/C23H25ClN2O2/c1-15(24)12-19-21(23(19,2)3)22(27)26-20(14-25)16-8-7-11-18(13-16)28-17-9-5-4-6-10-17/h4-14,19-21,25H,1-3H3,(H,26,27)/b15-12-,25-14?. The third kappa shape index (κ3) is 4.45. The molecule has 1 aliphatic carbocycles. The van der Waals surface area contributed by atoms with Crippen LogP contribution < -0.4 is 10.1 Å². The Kier molecular flexibility index (Phi) is 5.90. The zero-order chi connectivity index (χ0) is 20.3. The minimum Gasteiger partial charge on any atom is -0.457 e. The highest BCUT2D eigenvalue weighted by atomic mass is 35.5. The molecule has 0 radical (unpaired) electrons. The molecule has 2 aromatic rings. The van der Waals surface area contributed by atoms with E-state index in [9.17, 15) is 4.79 Å². The molecule has 0 heterocycles. The first-order valence-electron chi connectivity index (χ1n) is 9.30. The Morgan fingerprint density at radius 1 is 1.18 bits per heavy atom. The van der Waals surface area contributed by atoms with Crippen LogP contribution >= 0.6 is 11.6 Å². The first-order chi connectivity index (χ1) is 13.3. The summed E-state index contributed by atoms with van der Waals surface area (Å²) in [5, 5.41) is 11.5. The van der Waals surface area contributed by atoms with Gasteiger partial charge in [0.15, 0.2) is 0 Å². The van der Waals surface area contributed by atoms with Crippen molar-refractivity contribution >= 4 is 23.7 Å². The van der Waals surface area contributed by atoms with Crippen LogP contribution in [0.4, 0.5) is 0 Å². The maximum absolute atomic E-state index is 12.8. The zero-order valence-electron chi connectivity index (χ0n) is 16.3. The summed E-state index contributed by atoms with van der Waals surface area (Å²) in [6, 6.07) is 16.4. The Bertz CT molecular complexity index is 888. The number of benzene rings is 2. The van der Waals surface area contributed by atoms with Crippen molar-refractivity contribution in [1.82, 2.24) is 5.32 Å². The van der Waals surface area contributed by atoms with Crippen molar-refractivity contribution < 1.29 is 9.53 Å². The van der Waals surface area contributed by atoms with Gasteiger partial charge in [-0.1, -0.05) is 61.9 Å². The van der Waals surface area contributed by atoms with Gasteiger partial charge in [0.25, 0.3) is 0 Å². The number of ether oxygens (including phenoxy) is 1. The molecule has 0 aliphatic heterocycles. The number of para-hydroxylation sites is 1. The van der Waals surface area contributed by atoms with Gasteiger partial charge in [-0.2, -0.15) is 0 Å². The van der Waals surface area contributed by atoms with Gasteiger partial charge in [0, 0.05) is 11.2 Å². The third-order valence-corrected chi connectivity index (χ3v) is 5.39. The largest absolute Gasteiger partial charge is 0.457 e. The molecular weight excluding hydrogens is 372 g/mol. The van der Waals surface area contributed by atoms with Crippen LogP contribution in [0.15, 0.2) is 65.7 Å². The van der Waals surface area contributed by atoms with Crippen LogP contribution in [0.25, 0.3) is 0 Å². The summed E-state index contributed by atoms with van der Waals surface area (Å²) in [5.74, 6) is 1.31. The van der Waals surface area contributed by atoms with Gasteiger partial charge in [0.2, 0.25) is 5.91 Å². The molecular formula is C23H25ClN2O2. The molecule has 1 fully saturated rings. The number of hydrogen-bond donors (Lipinski definition) is 2. The molecule has 0 saturated heterocycles. The number of hydrogen-bond acceptors (Lipinski definition) is 3. The Morgan fingerprint density at radius 2 is 1.86 bits per heavy atom. The van der Waals surface area contributed by atoms with Crippen LogP contribution in [0.5, 0.6) is 11.5 Å². The van der Waals surface area contributed by atoms with Crippen molar-refractivity contribution in [3.63, 3.8) is 0 Å². The second-order valence-electron chi connectivity index (χ2n) is 7.72. The monoisotopic (exact) mass is 396 g/mol. The molecule has 28 heavy (non-hydrogen) atoms. The first kappa shape index (κ1) is 20.2. The number of carbonyl (C=O) groups is 1. The van der Waals surface area contributed by atoms with Gasteiger partial charge < -0.3 is 15.5 Å². The molecule has 1 aliphatic rings. The van der Waals surface area contributed by atoms with Crippen molar-refractivity contribution in [3.05, 3.63) is 71.3 Å². The minimum atomic E-state index is -0.509. The second-order valence-corrected chi connectivity index (χ2v) is 8.31. The molecule has 0 aromatic heterocycles. The van der Waals surface area contributed by atoms with E-state index in [4.69, 9.17) is 21.7 Å². The molecule has 3 rings (SSSR count). The van der Waals surface area contributed by atoms with Crippen molar-refractivity contribution in [1.29, 1.82) is 5.41 Å². The highest BCUT2D eigenvalue weighted by Gasteiger charge is 2.60. The molecule has 3 unspecified atom stereocenters. The summed E-state index contributed by atoms with van der Waals surface area (Å²) in [6.07, 6.45) is 3.19. The summed E-state index contributed by atoms with van der Waals surface area (Å²) < 4.78 is 5.86. The van der Waals surface area contributed by atoms with Crippen LogP contribution in [0.2, 0.25) is 0 Å². The van der Waals surface area contributed by atoms with Gasteiger partial charge in [-0.15, -0.1) is 0 Å². The average Bonchev–Trinajstić information content (AvgIpc) is 3.20. The fourth-order valence-electron chi connectivity index (χ4n) is 3.60. The molecule has 0 bridgehead atoms. The molecule has 2 aromatic carbocycles. The topological polar surface area (TPSA) is 62.2 Å². The van der Waals surface area contributed by atoms with Gasteiger partial charge in [0.05, 0.1) is 12.0 Å². The van der Waals surface area contributed by atoms with E-state index in [1.807, 2.05) is 67.6 Å². The summed E-state index contributed by atoms with van der Waals surface area (Å²) in [4.78, 5) is 12.8. The molecule has 2 N–H and O–H groups in total. The van der Waals surface area contributed by atoms with Gasteiger partial charge >= 0.3 is 0 Å². The fourth-order valence-corrected chi connectivity index (χ4v) is 3.73. The van der Waals surface area contributed by atoms with Crippen molar-refractivity contribution in [2.24, 2.45) is 17.3 Å². The van der Waals surface area contributed by atoms with E-state index in [1.165, 1.54) is 6.21 Å². The molecule has 3 atom stereocenters. The van der Waals surface area contributed by atoms with E-state index in [0.717, 1.165) is 11.3 Å². The second kappa shape index (κ2) is 8.19. The Balaban J connectivity index is 1.72. The van der Waals surface area contributed by atoms with Crippen LogP contribution in [-0.4, -0.2) is 12.1 Å². The van der Waals surface area contributed by atoms with Crippen molar-refractivity contribution in [2.45, 2.75) is 26.8 Å². The SMILES string of the molecule is C/C(Cl)=C/C1C(C(=O)NC(C=N)c2cccc(Oc3ccccc3)c2)C1(C)C. The van der Waals surface area contributed by atoms with Gasteiger partial charge in [-0.3, -0.25) is 4.79 Å². The quantitative estimate of drug-likeness (QED) is 0.589. The predicted molar refractivity (Wildman–Crippen MR) is 113 cm³/mol. The smallest absolute Gasteiger partial charge is 0.225 e. The lowest BCUT2D eigenvalue weighted by Gasteiger charge is -2.16. The van der Waals surface area contributed by atoms with E-state index in [-0.39, 0.29) is 23.2 Å². The average molecular weight is 397 g/mol. The Labute approximate surface area is 171 Å². The number of allylic oxidation sites excluding steroid dienone is 2. The predicted octanol–water partition coefficient (Wildman–Crippen LogP) is 5.70.